The lowest BCUT2D eigenvalue weighted by molar-refractivity contribution is -0.141. The Balaban J connectivity index is 1.14. The summed E-state index contributed by atoms with van der Waals surface area (Å²) >= 11 is 0. The zero-order chi connectivity index (χ0) is 25.5. The van der Waals surface area contributed by atoms with E-state index in [-0.39, 0.29) is 24.6 Å². The number of anilines is 1. The molecule has 4 rings (SSSR count). The number of halogens is 3. The van der Waals surface area contributed by atoms with Gasteiger partial charge in [0, 0.05) is 39.3 Å². The van der Waals surface area contributed by atoms with Crippen LogP contribution >= 0.6 is 0 Å². The Hall–Kier alpha value is -2.96. The van der Waals surface area contributed by atoms with Crippen LogP contribution in [0.5, 0.6) is 5.75 Å². The van der Waals surface area contributed by atoms with Gasteiger partial charge in [-0.15, -0.1) is 0 Å². The van der Waals surface area contributed by atoms with Gasteiger partial charge >= 0.3 is 12.1 Å². The van der Waals surface area contributed by atoms with E-state index in [1.807, 2.05) is 12.1 Å². The van der Waals surface area contributed by atoms with Crippen molar-refractivity contribution in [3.8, 4) is 5.75 Å². The molecule has 2 atom stereocenters. The first-order valence-corrected chi connectivity index (χ1v) is 11.9. The molecule has 2 aromatic rings. The second kappa shape index (κ2) is 11.8. The molecule has 0 bridgehead atoms. The highest BCUT2D eigenvalue weighted by molar-refractivity contribution is 5.68. The molecular formula is C24H30F3N5O4. The minimum atomic E-state index is -4.52. The highest BCUT2D eigenvalue weighted by Crippen LogP contribution is 2.28. The summed E-state index contributed by atoms with van der Waals surface area (Å²) in [6, 6.07) is 7.38. The molecule has 12 heteroatoms. The third-order valence-corrected chi connectivity index (χ3v) is 6.27. The van der Waals surface area contributed by atoms with Gasteiger partial charge in [-0.1, -0.05) is 12.1 Å². The molecule has 0 amide bonds. The Labute approximate surface area is 207 Å². The maximum atomic E-state index is 12.8. The molecule has 0 radical (unpaired) electrons. The van der Waals surface area contributed by atoms with Gasteiger partial charge in [0.15, 0.2) is 12.3 Å². The minimum Gasteiger partial charge on any atom is -0.482 e. The third kappa shape index (κ3) is 7.77. The van der Waals surface area contributed by atoms with Crippen molar-refractivity contribution >= 4 is 11.8 Å². The topological polar surface area (TPSA) is 100 Å². The van der Waals surface area contributed by atoms with E-state index >= 15 is 0 Å². The van der Waals surface area contributed by atoms with Crippen LogP contribution in [0.2, 0.25) is 0 Å². The number of hydrogen-bond donors (Lipinski definition) is 2. The molecule has 0 aliphatic carbocycles. The van der Waals surface area contributed by atoms with Crippen molar-refractivity contribution in [1.82, 2.24) is 19.8 Å². The molecule has 3 heterocycles. The summed E-state index contributed by atoms with van der Waals surface area (Å²) in [5.41, 5.74) is 0.133. The number of carbonyl (C=O) groups is 1. The minimum absolute atomic E-state index is 0.0977. The van der Waals surface area contributed by atoms with Crippen LogP contribution in [0, 0.1) is 0 Å². The Morgan fingerprint density at radius 1 is 1.11 bits per heavy atom. The number of ether oxygens (including phenoxy) is 2. The normalized spacial score (nSPS) is 21.8. The van der Waals surface area contributed by atoms with E-state index in [0.717, 1.165) is 57.7 Å². The lowest BCUT2D eigenvalue weighted by Crippen LogP contribution is -2.49. The smallest absolute Gasteiger partial charge is 0.434 e. The molecule has 2 saturated heterocycles. The number of hydrogen-bond acceptors (Lipinski definition) is 8. The summed E-state index contributed by atoms with van der Waals surface area (Å²) in [6.07, 6.45) is -0.808. The van der Waals surface area contributed by atoms with Crippen LogP contribution in [0.1, 0.15) is 24.1 Å². The van der Waals surface area contributed by atoms with E-state index in [0.29, 0.717) is 18.6 Å². The Bertz CT molecular complexity index is 992. The van der Waals surface area contributed by atoms with Gasteiger partial charge in [-0.05, 0) is 30.5 Å². The largest absolute Gasteiger partial charge is 0.482 e. The summed E-state index contributed by atoms with van der Waals surface area (Å²) in [5, 5.41) is 11.7. The Morgan fingerprint density at radius 2 is 1.83 bits per heavy atom. The first-order valence-electron chi connectivity index (χ1n) is 11.9. The van der Waals surface area contributed by atoms with E-state index in [1.165, 1.54) is 6.20 Å². The summed E-state index contributed by atoms with van der Waals surface area (Å²) in [5.74, 6) is -0.355. The highest BCUT2D eigenvalue weighted by Gasteiger charge is 2.33. The molecule has 9 nitrogen and oxygen atoms in total. The number of aliphatic carboxylic acids is 1. The second-order valence-corrected chi connectivity index (χ2v) is 9.06. The van der Waals surface area contributed by atoms with Crippen LogP contribution in [0.4, 0.5) is 19.0 Å². The number of alkyl halides is 3. The molecule has 196 valence electrons. The van der Waals surface area contributed by atoms with Crippen molar-refractivity contribution in [1.29, 1.82) is 0 Å². The summed E-state index contributed by atoms with van der Waals surface area (Å²) in [4.78, 5) is 22.6. The molecular weight excluding hydrogens is 479 g/mol. The van der Waals surface area contributed by atoms with Gasteiger partial charge in [0.2, 0.25) is 0 Å². The Morgan fingerprint density at radius 3 is 2.47 bits per heavy atom. The average molecular weight is 510 g/mol. The van der Waals surface area contributed by atoms with Gasteiger partial charge in [0.05, 0.1) is 31.1 Å². The van der Waals surface area contributed by atoms with Crippen LogP contribution in [-0.4, -0.2) is 88.9 Å². The zero-order valence-electron chi connectivity index (χ0n) is 19.8. The van der Waals surface area contributed by atoms with E-state index in [9.17, 15) is 18.0 Å². The fourth-order valence-electron chi connectivity index (χ4n) is 4.36. The number of benzene rings is 1. The van der Waals surface area contributed by atoms with Gasteiger partial charge in [0.25, 0.3) is 0 Å². The summed E-state index contributed by atoms with van der Waals surface area (Å²) in [7, 11) is 0. The van der Waals surface area contributed by atoms with E-state index in [2.05, 4.69) is 25.1 Å². The maximum absolute atomic E-state index is 12.8. The number of carboxylic acids is 1. The monoisotopic (exact) mass is 509 g/mol. The van der Waals surface area contributed by atoms with Gasteiger partial charge in [-0.25, -0.2) is 9.78 Å². The number of piperazine rings is 1. The average Bonchev–Trinajstić information content (AvgIpc) is 2.86. The molecule has 2 aliphatic heterocycles. The summed E-state index contributed by atoms with van der Waals surface area (Å²) in [6.45, 7) is 5.44. The predicted molar refractivity (Wildman–Crippen MR) is 125 cm³/mol. The van der Waals surface area contributed by atoms with E-state index in [1.54, 1.807) is 12.1 Å². The number of nitrogens with zero attached hydrogens (tertiary/aromatic N) is 4. The van der Waals surface area contributed by atoms with Crippen LogP contribution < -0.4 is 10.1 Å². The SMILES string of the molecule is O=C(O)COc1ccc(CN2CCN(CC3CC[C@@H](Nc4cncc(C(F)(F)F)n4)CO3)CC2)cc1. The van der Waals surface area contributed by atoms with Gasteiger partial charge in [0.1, 0.15) is 11.6 Å². The predicted octanol–water partition coefficient (Wildman–Crippen LogP) is 2.74. The molecule has 36 heavy (non-hydrogen) atoms. The molecule has 1 aromatic heterocycles. The van der Waals surface area contributed by atoms with Gasteiger partial charge < -0.3 is 19.9 Å². The standard InChI is InChI=1S/C24H30F3N5O4/c25-24(26,27)21-11-28-12-22(30-21)29-18-3-6-20(35-15-18)14-32-9-7-31(8-10-32)13-17-1-4-19(5-2-17)36-16-23(33)34/h1-2,4-5,11-12,18,20H,3,6-10,13-16H2,(H,29,30)(H,33,34)/t18-,20?/m1/s1. The van der Waals surface area contributed by atoms with Crippen molar-refractivity contribution < 1.29 is 32.5 Å². The van der Waals surface area contributed by atoms with Crippen molar-refractivity contribution in [3.05, 3.63) is 47.9 Å². The molecule has 1 aromatic carbocycles. The van der Waals surface area contributed by atoms with E-state index in [4.69, 9.17) is 14.6 Å². The zero-order valence-corrected chi connectivity index (χ0v) is 19.8. The van der Waals surface area contributed by atoms with Gasteiger partial charge in [-0.2, -0.15) is 13.2 Å². The number of aromatic nitrogens is 2. The van der Waals surface area contributed by atoms with Crippen molar-refractivity contribution in [2.45, 2.75) is 37.7 Å². The maximum Gasteiger partial charge on any atom is 0.434 e. The third-order valence-electron chi connectivity index (χ3n) is 6.27. The van der Waals surface area contributed by atoms with Gasteiger partial charge in [-0.3, -0.25) is 14.8 Å². The molecule has 0 spiro atoms. The molecule has 0 saturated carbocycles. The first-order chi connectivity index (χ1) is 17.2. The lowest BCUT2D eigenvalue weighted by atomic mass is 10.0. The Kier molecular flexibility index (Phi) is 8.60. The molecule has 1 unspecified atom stereocenters. The lowest BCUT2D eigenvalue weighted by Gasteiger charge is -2.38. The van der Waals surface area contributed by atoms with Crippen LogP contribution in [0.3, 0.4) is 0 Å². The van der Waals surface area contributed by atoms with Crippen LogP contribution in [0.15, 0.2) is 36.7 Å². The number of carboxylic acid groups (broad SMARTS) is 1. The van der Waals surface area contributed by atoms with Crippen LogP contribution in [0.25, 0.3) is 0 Å². The highest BCUT2D eigenvalue weighted by atomic mass is 19.4. The van der Waals surface area contributed by atoms with Crippen molar-refractivity contribution in [3.63, 3.8) is 0 Å². The number of rotatable bonds is 9. The molecule has 2 N–H and O–H groups in total. The molecule has 2 fully saturated rings. The first kappa shape index (κ1) is 26.1. The van der Waals surface area contributed by atoms with E-state index < -0.39 is 17.8 Å². The second-order valence-electron chi connectivity index (χ2n) is 9.06. The summed E-state index contributed by atoms with van der Waals surface area (Å²) < 4.78 is 49.7. The quantitative estimate of drug-likeness (QED) is 0.529. The van der Waals surface area contributed by atoms with Crippen LogP contribution in [-0.2, 0) is 22.3 Å². The fraction of sp³-hybridized carbons (Fsp3) is 0.542. The van der Waals surface area contributed by atoms with Crippen molar-refractivity contribution in [2.75, 3.05) is 51.3 Å². The molecule has 2 aliphatic rings. The number of nitrogens with one attached hydrogen (secondary N) is 1. The fourth-order valence-corrected chi connectivity index (χ4v) is 4.36. The van der Waals surface area contributed by atoms with Crippen molar-refractivity contribution in [2.24, 2.45) is 0 Å².